The van der Waals surface area contributed by atoms with Crippen LogP contribution in [0.4, 0.5) is 0 Å². The normalized spacial score (nSPS) is 14.8. The molecule has 7 heteroatoms. The number of rotatable bonds is 4. The topological polar surface area (TPSA) is 75.1 Å². The van der Waals surface area contributed by atoms with Gasteiger partial charge >= 0.3 is 0 Å². The molecule has 0 spiro atoms. The van der Waals surface area contributed by atoms with Gasteiger partial charge in [-0.1, -0.05) is 12.1 Å². The van der Waals surface area contributed by atoms with E-state index in [1.807, 2.05) is 24.3 Å². The van der Waals surface area contributed by atoms with Gasteiger partial charge in [-0.15, -0.1) is 24.0 Å². The van der Waals surface area contributed by atoms with Crippen molar-refractivity contribution < 1.29 is 14.6 Å². The zero-order valence-corrected chi connectivity index (χ0v) is 18.3. The molecule has 0 aromatic heterocycles. The molecule has 1 aliphatic heterocycles. The van der Waals surface area contributed by atoms with Gasteiger partial charge in [0.15, 0.2) is 17.5 Å². The number of ether oxygens (including phenoxy) is 2. The standard InChI is InChI=1S/C21H25N3O3.HI/c1-22-21(23-11-14-6-9-19-20(10-14)27-13-26-19)24-12-17-16-5-3-2-4-15(16)7-8-18(17)25;/h6-10,25H,2-5,11-13H2,1H3,(H2,22,23,24);1H. The van der Waals surface area contributed by atoms with Gasteiger partial charge in [-0.25, -0.2) is 0 Å². The third-order valence-corrected chi connectivity index (χ3v) is 5.18. The summed E-state index contributed by atoms with van der Waals surface area (Å²) in [5.74, 6) is 2.61. The Morgan fingerprint density at radius 3 is 2.68 bits per heavy atom. The van der Waals surface area contributed by atoms with Crippen molar-refractivity contribution in [3.8, 4) is 17.2 Å². The molecule has 2 aromatic carbocycles. The summed E-state index contributed by atoms with van der Waals surface area (Å²) < 4.78 is 10.8. The molecule has 0 radical (unpaired) electrons. The SMILES string of the molecule is CN=C(NCc1ccc2c(c1)OCO2)NCc1c(O)ccc2c1CCCC2.I. The molecule has 2 aliphatic rings. The maximum absolute atomic E-state index is 10.3. The van der Waals surface area contributed by atoms with Gasteiger partial charge in [0.05, 0.1) is 0 Å². The first-order valence-corrected chi connectivity index (χ1v) is 9.40. The Balaban J connectivity index is 0.00000225. The highest BCUT2D eigenvalue weighted by Gasteiger charge is 2.17. The van der Waals surface area contributed by atoms with E-state index in [0.29, 0.717) is 24.8 Å². The van der Waals surface area contributed by atoms with Crippen molar-refractivity contribution >= 4 is 29.9 Å². The summed E-state index contributed by atoms with van der Waals surface area (Å²) in [6, 6.07) is 9.77. The lowest BCUT2D eigenvalue weighted by Gasteiger charge is -2.21. The molecule has 0 bridgehead atoms. The van der Waals surface area contributed by atoms with Crippen molar-refractivity contribution in [2.45, 2.75) is 38.8 Å². The number of fused-ring (bicyclic) bond motifs is 2. The van der Waals surface area contributed by atoms with E-state index >= 15 is 0 Å². The van der Waals surface area contributed by atoms with Gasteiger partial charge in [0.1, 0.15) is 5.75 Å². The first-order chi connectivity index (χ1) is 13.2. The van der Waals surface area contributed by atoms with Crippen molar-refractivity contribution in [3.63, 3.8) is 0 Å². The van der Waals surface area contributed by atoms with E-state index < -0.39 is 0 Å². The van der Waals surface area contributed by atoms with E-state index in [4.69, 9.17) is 9.47 Å². The van der Waals surface area contributed by atoms with E-state index in [9.17, 15) is 5.11 Å². The van der Waals surface area contributed by atoms with Gasteiger partial charge in [0.25, 0.3) is 0 Å². The van der Waals surface area contributed by atoms with E-state index in [1.54, 1.807) is 7.05 Å². The molecule has 0 atom stereocenters. The van der Waals surface area contributed by atoms with Crippen LogP contribution in [0.15, 0.2) is 35.3 Å². The number of phenols is 1. The summed E-state index contributed by atoms with van der Waals surface area (Å²) in [5, 5.41) is 17.0. The molecule has 28 heavy (non-hydrogen) atoms. The number of hydrogen-bond acceptors (Lipinski definition) is 4. The van der Waals surface area contributed by atoms with Gasteiger partial charge in [-0.05, 0) is 60.6 Å². The molecule has 0 unspecified atom stereocenters. The minimum absolute atomic E-state index is 0. The van der Waals surface area contributed by atoms with Crippen LogP contribution in [-0.4, -0.2) is 24.9 Å². The fraction of sp³-hybridized carbons (Fsp3) is 0.381. The Bertz CT molecular complexity index is 870. The molecule has 3 N–H and O–H groups in total. The minimum atomic E-state index is 0. The smallest absolute Gasteiger partial charge is 0.231 e. The summed E-state index contributed by atoms with van der Waals surface area (Å²) in [6.07, 6.45) is 4.54. The van der Waals surface area contributed by atoms with E-state index in [1.165, 1.54) is 24.0 Å². The molecule has 0 saturated carbocycles. The van der Waals surface area contributed by atoms with Crippen molar-refractivity contribution in [3.05, 3.63) is 52.6 Å². The van der Waals surface area contributed by atoms with Gasteiger partial charge in [0, 0.05) is 25.7 Å². The maximum Gasteiger partial charge on any atom is 0.231 e. The van der Waals surface area contributed by atoms with Crippen LogP contribution >= 0.6 is 24.0 Å². The van der Waals surface area contributed by atoms with Crippen LogP contribution in [0.1, 0.15) is 35.1 Å². The van der Waals surface area contributed by atoms with Crippen LogP contribution in [0.2, 0.25) is 0 Å². The average Bonchev–Trinajstić information content (AvgIpc) is 3.17. The Hall–Kier alpha value is -2.16. The molecule has 0 saturated heterocycles. The van der Waals surface area contributed by atoms with Crippen LogP contribution in [0.25, 0.3) is 0 Å². The lowest BCUT2D eigenvalue weighted by atomic mass is 9.88. The summed E-state index contributed by atoms with van der Waals surface area (Å²) in [4.78, 5) is 4.29. The molecule has 6 nitrogen and oxygen atoms in total. The Labute approximate surface area is 182 Å². The Morgan fingerprint density at radius 2 is 1.82 bits per heavy atom. The lowest BCUT2D eigenvalue weighted by Crippen LogP contribution is -2.36. The highest BCUT2D eigenvalue weighted by molar-refractivity contribution is 14.0. The molecule has 4 rings (SSSR count). The van der Waals surface area contributed by atoms with Crippen LogP contribution < -0.4 is 20.1 Å². The zero-order valence-electron chi connectivity index (χ0n) is 16.0. The second kappa shape index (κ2) is 9.36. The maximum atomic E-state index is 10.3. The average molecular weight is 495 g/mol. The molecule has 1 aliphatic carbocycles. The monoisotopic (exact) mass is 495 g/mol. The second-order valence-corrected chi connectivity index (χ2v) is 6.87. The van der Waals surface area contributed by atoms with Crippen molar-refractivity contribution in [2.24, 2.45) is 4.99 Å². The van der Waals surface area contributed by atoms with Gasteiger partial charge in [-0.3, -0.25) is 4.99 Å². The third-order valence-electron chi connectivity index (χ3n) is 5.18. The second-order valence-electron chi connectivity index (χ2n) is 6.87. The molecular weight excluding hydrogens is 469 g/mol. The number of nitrogens with one attached hydrogen (secondary N) is 2. The van der Waals surface area contributed by atoms with Crippen molar-refractivity contribution in [1.82, 2.24) is 10.6 Å². The number of guanidine groups is 1. The summed E-state index contributed by atoms with van der Waals surface area (Å²) in [6.45, 7) is 1.45. The van der Waals surface area contributed by atoms with Crippen LogP contribution in [-0.2, 0) is 25.9 Å². The van der Waals surface area contributed by atoms with E-state index in [0.717, 1.165) is 35.5 Å². The largest absolute Gasteiger partial charge is 0.508 e. The fourth-order valence-electron chi connectivity index (χ4n) is 3.72. The molecular formula is C21H26IN3O3. The number of halogens is 1. The lowest BCUT2D eigenvalue weighted by molar-refractivity contribution is 0.174. The molecule has 150 valence electrons. The number of aliphatic imine (C=N–C) groups is 1. The number of phenolic OH excluding ortho intramolecular Hbond substituents is 1. The predicted octanol–water partition coefficient (Wildman–Crippen LogP) is 3.48. The van der Waals surface area contributed by atoms with E-state index in [2.05, 4.69) is 21.7 Å². The zero-order chi connectivity index (χ0) is 18.6. The van der Waals surface area contributed by atoms with Gasteiger partial charge in [-0.2, -0.15) is 0 Å². The summed E-state index contributed by atoms with van der Waals surface area (Å²) >= 11 is 0. The summed E-state index contributed by atoms with van der Waals surface area (Å²) in [7, 11) is 1.75. The first-order valence-electron chi connectivity index (χ1n) is 9.40. The van der Waals surface area contributed by atoms with Crippen molar-refractivity contribution in [2.75, 3.05) is 13.8 Å². The van der Waals surface area contributed by atoms with Crippen LogP contribution in [0.5, 0.6) is 17.2 Å². The summed E-state index contributed by atoms with van der Waals surface area (Å²) in [5.41, 5.74) is 4.72. The number of nitrogens with zero attached hydrogens (tertiary/aromatic N) is 1. The molecule has 0 amide bonds. The van der Waals surface area contributed by atoms with Crippen molar-refractivity contribution in [1.29, 1.82) is 0 Å². The molecule has 0 fully saturated rings. The molecule has 1 heterocycles. The Morgan fingerprint density at radius 1 is 1.04 bits per heavy atom. The Kier molecular flexibility index (Phi) is 6.88. The minimum Gasteiger partial charge on any atom is -0.508 e. The van der Waals surface area contributed by atoms with E-state index in [-0.39, 0.29) is 30.8 Å². The predicted molar refractivity (Wildman–Crippen MR) is 120 cm³/mol. The highest BCUT2D eigenvalue weighted by atomic mass is 127. The number of aryl methyl sites for hydroxylation is 1. The van der Waals surface area contributed by atoms with Crippen LogP contribution in [0, 0.1) is 0 Å². The number of benzene rings is 2. The van der Waals surface area contributed by atoms with Gasteiger partial charge < -0.3 is 25.2 Å². The highest BCUT2D eigenvalue weighted by Crippen LogP contribution is 2.32. The third kappa shape index (κ3) is 4.45. The van der Waals surface area contributed by atoms with Crippen LogP contribution in [0.3, 0.4) is 0 Å². The fourth-order valence-corrected chi connectivity index (χ4v) is 3.72. The quantitative estimate of drug-likeness (QED) is 0.344. The number of hydrogen-bond donors (Lipinski definition) is 3. The first kappa shape index (κ1) is 20.6. The number of aromatic hydroxyl groups is 1. The molecule has 2 aromatic rings. The van der Waals surface area contributed by atoms with Gasteiger partial charge in [0.2, 0.25) is 6.79 Å².